The smallest absolute Gasteiger partial charge is 0.168 e. The van der Waals surface area contributed by atoms with E-state index in [-0.39, 0.29) is 0 Å². The van der Waals surface area contributed by atoms with Gasteiger partial charge in [-0.25, -0.2) is 0 Å². The summed E-state index contributed by atoms with van der Waals surface area (Å²) in [5.41, 5.74) is 24.2. The van der Waals surface area contributed by atoms with E-state index in [1.807, 2.05) is 0 Å². The van der Waals surface area contributed by atoms with Crippen molar-refractivity contribution in [1.29, 1.82) is 0 Å². The number of nitrogens with zero attached hydrogens (tertiary/aromatic N) is 4. The molecule has 0 radical (unpaired) electrons. The number of hydrogen-bond acceptors (Lipinski definition) is 2. The number of fused-ring (bicyclic) bond motifs is 12. The molecule has 382 valence electrons. The minimum atomic E-state index is -0.506. The van der Waals surface area contributed by atoms with Crippen LogP contribution in [0.1, 0.15) is 44.5 Å². The van der Waals surface area contributed by atoms with Gasteiger partial charge >= 0.3 is 0 Å². The van der Waals surface area contributed by atoms with Gasteiger partial charge in [0.15, 0.2) is 11.5 Å². The minimum absolute atomic E-state index is 0.506. The molecule has 0 amide bonds. The average molecular weight is 1040 g/mol. The Morgan fingerprint density at radius 2 is 0.683 bits per heavy atom. The van der Waals surface area contributed by atoms with Crippen LogP contribution in [-0.2, 0) is 10.8 Å². The Morgan fingerprint density at radius 3 is 1.18 bits per heavy atom. The number of hydrogen-bond donors (Lipinski definition) is 0. The Hall–Kier alpha value is -10.7. The van der Waals surface area contributed by atoms with Gasteiger partial charge in [-0.3, -0.25) is 4.40 Å². The Balaban J connectivity index is 0.863. The van der Waals surface area contributed by atoms with Crippen molar-refractivity contribution >= 4 is 38.2 Å². The number of pyridine rings is 1. The van der Waals surface area contributed by atoms with Crippen LogP contribution in [0.25, 0.3) is 99.8 Å². The molecule has 0 fully saturated rings. The van der Waals surface area contributed by atoms with Gasteiger partial charge in [0, 0.05) is 33.6 Å². The molecule has 0 unspecified atom stereocenters. The Labute approximate surface area is 475 Å². The fourth-order valence-electron chi connectivity index (χ4n) is 14.5. The van der Waals surface area contributed by atoms with Crippen molar-refractivity contribution in [3.63, 3.8) is 0 Å². The summed E-state index contributed by atoms with van der Waals surface area (Å²) in [5.74, 6) is 0.811. The second-order valence-electron chi connectivity index (χ2n) is 22.0. The molecule has 3 heterocycles. The first-order valence-electron chi connectivity index (χ1n) is 28.3. The van der Waals surface area contributed by atoms with Crippen LogP contribution in [0.4, 0.5) is 0 Å². The molecule has 4 heteroatoms. The highest BCUT2D eigenvalue weighted by atomic mass is 15.2. The second-order valence-corrected chi connectivity index (χ2v) is 22.0. The fraction of sp³-hybridized carbons (Fsp3) is 0.0256. The van der Waals surface area contributed by atoms with E-state index in [4.69, 9.17) is 5.10 Å². The van der Waals surface area contributed by atoms with E-state index in [1.54, 1.807) is 0 Å². The van der Waals surface area contributed by atoms with E-state index in [9.17, 15) is 0 Å². The van der Waals surface area contributed by atoms with Crippen LogP contribution in [0.2, 0.25) is 0 Å². The van der Waals surface area contributed by atoms with E-state index >= 15 is 0 Å². The predicted octanol–water partition coefficient (Wildman–Crippen LogP) is 18.7. The van der Waals surface area contributed by atoms with Crippen molar-refractivity contribution in [3.05, 3.63) is 348 Å². The predicted molar refractivity (Wildman–Crippen MR) is 336 cm³/mol. The molecule has 82 heavy (non-hydrogen) atoms. The van der Waals surface area contributed by atoms with Gasteiger partial charge in [0.2, 0.25) is 0 Å². The molecule has 15 aromatic rings. The fourth-order valence-corrected chi connectivity index (χ4v) is 14.5. The SMILES string of the molecule is c1ccc(C2(c3ccccc3)c3ccccc3-c3ccc(-c4ccc5c(c4)c4cc(-c6ccc7c(c6)C(c6ccccc6)(c6ccccc6)c6ccccc6-7)ccc4n5-c4ccc(-c5nnc6c7ccccc7ccn56)cc4)cc32)cc1. The zero-order chi connectivity index (χ0) is 53.9. The molecular formula is C78H50N4. The lowest BCUT2D eigenvalue weighted by Crippen LogP contribution is -2.28. The molecule has 0 N–H and O–H groups in total. The van der Waals surface area contributed by atoms with Gasteiger partial charge in [-0.2, -0.15) is 0 Å². The maximum Gasteiger partial charge on any atom is 0.168 e. The van der Waals surface area contributed by atoms with Gasteiger partial charge in [-0.15, -0.1) is 10.2 Å². The third-order valence-electron chi connectivity index (χ3n) is 18.0. The molecule has 17 rings (SSSR count). The van der Waals surface area contributed by atoms with E-state index in [0.717, 1.165) is 55.7 Å². The summed E-state index contributed by atoms with van der Waals surface area (Å²) in [4.78, 5) is 0. The Morgan fingerprint density at radius 1 is 0.280 bits per heavy atom. The molecule has 0 bridgehead atoms. The second kappa shape index (κ2) is 17.9. The third kappa shape index (κ3) is 6.55. The summed E-state index contributed by atoms with van der Waals surface area (Å²) in [7, 11) is 0. The number of benzene rings is 12. The molecule has 2 aliphatic carbocycles. The largest absolute Gasteiger partial charge is 0.309 e. The quantitative estimate of drug-likeness (QED) is 0.152. The summed E-state index contributed by atoms with van der Waals surface area (Å²) in [6, 6.07) is 110. The Bertz CT molecular complexity index is 4700. The minimum Gasteiger partial charge on any atom is -0.309 e. The maximum absolute atomic E-state index is 4.74. The van der Waals surface area contributed by atoms with Crippen LogP contribution < -0.4 is 0 Å². The normalized spacial score (nSPS) is 13.6. The first kappa shape index (κ1) is 46.3. The molecular weight excluding hydrogens is 993 g/mol. The highest BCUT2D eigenvalue weighted by Crippen LogP contribution is 2.58. The van der Waals surface area contributed by atoms with E-state index in [0.29, 0.717) is 0 Å². The van der Waals surface area contributed by atoms with Gasteiger partial charge in [0.05, 0.1) is 21.9 Å². The summed E-state index contributed by atoms with van der Waals surface area (Å²) >= 11 is 0. The average Bonchev–Trinajstić information content (AvgIpc) is 2.60. The zero-order valence-electron chi connectivity index (χ0n) is 44.7. The van der Waals surface area contributed by atoms with E-state index in [1.165, 1.54) is 88.7 Å². The summed E-state index contributed by atoms with van der Waals surface area (Å²) in [5, 5.41) is 14.0. The van der Waals surface area contributed by atoms with Crippen LogP contribution in [0, 0.1) is 0 Å². The van der Waals surface area contributed by atoms with Gasteiger partial charge in [0.1, 0.15) is 0 Å². The van der Waals surface area contributed by atoms with Gasteiger partial charge in [-0.05, 0) is 161 Å². The lowest BCUT2D eigenvalue weighted by molar-refractivity contribution is 0.769. The molecule has 0 saturated heterocycles. The lowest BCUT2D eigenvalue weighted by atomic mass is 9.67. The van der Waals surface area contributed by atoms with E-state index in [2.05, 4.69) is 318 Å². The third-order valence-corrected chi connectivity index (χ3v) is 18.0. The molecule has 12 aromatic carbocycles. The Kier molecular flexibility index (Phi) is 10.1. The molecule has 0 aliphatic heterocycles. The van der Waals surface area contributed by atoms with Gasteiger partial charge < -0.3 is 4.57 Å². The monoisotopic (exact) mass is 1040 g/mol. The van der Waals surface area contributed by atoms with Crippen molar-refractivity contribution in [3.8, 4) is 61.6 Å². The van der Waals surface area contributed by atoms with E-state index < -0.39 is 10.8 Å². The van der Waals surface area contributed by atoms with Gasteiger partial charge in [-0.1, -0.05) is 231 Å². The molecule has 0 atom stereocenters. The van der Waals surface area contributed by atoms with Crippen molar-refractivity contribution in [2.45, 2.75) is 10.8 Å². The van der Waals surface area contributed by atoms with Crippen LogP contribution in [0.3, 0.4) is 0 Å². The standard InChI is InChI=1S/C78H50N4/c1-5-20-57(21-6-1)77(58-22-7-2-8-23-58)69-31-17-15-29-63(69)65-41-35-55(49-71(65)77)53-37-43-73-67(47-53)68-48-54(38-44-74(68)82(73)61-39-33-52(34-40-61)75-79-80-76-62-28-14-13-19-51(62)45-46-81(75)76)56-36-42-66-64-30-16-18-32-70(64)78(72(66)50-56,59-24-9-3-10-25-59)60-26-11-4-12-27-60/h1-50H. The highest BCUT2D eigenvalue weighted by Gasteiger charge is 2.47. The molecule has 0 saturated carbocycles. The topological polar surface area (TPSA) is 35.1 Å². The zero-order valence-corrected chi connectivity index (χ0v) is 44.7. The summed E-state index contributed by atoms with van der Waals surface area (Å²) in [6.45, 7) is 0. The van der Waals surface area contributed by atoms with Crippen molar-refractivity contribution in [1.82, 2.24) is 19.2 Å². The summed E-state index contributed by atoms with van der Waals surface area (Å²) in [6.07, 6.45) is 2.08. The first-order chi connectivity index (χ1) is 40.7. The van der Waals surface area contributed by atoms with Crippen molar-refractivity contribution in [2.75, 3.05) is 0 Å². The van der Waals surface area contributed by atoms with Crippen molar-refractivity contribution < 1.29 is 0 Å². The molecule has 3 aromatic heterocycles. The van der Waals surface area contributed by atoms with Crippen LogP contribution in [0.15, 0.2) is 303 Å². The summed E-state index contributed by atoms with van der Waals surface area (Å²) < 4.78 is 4.53. The first-order valence-corrected chi connectivity index (χ1v) is 28.3. The van der Waals surface area contributed by atoms with Crippen LogP contribution >= 0.6 is 0 Å². The number of aromatic nitrogens is 4. The lowest BCUT2D eigenvalue weighted by Gasteiger charge is -2.34. The molecule has 0 spiro atoms. The molecule has 2 aliphatic rings. The van der Waals surface area contributed by atoms with Crippen LogP contribution in [0.5, 0.6) is 0 Å². The van der Waals surface area contributed by atoms with Crippen molar-refractivity contribution in [2.24, 2.45) is 0 Å². The maximum atomic E-state index is 4.74. The van der Waals surface area contributed by atoms with Crippen LogP contribution in [-0.4, -0.2) is 19.2 Å². The number of rotatable bonds is 8. The van der Waals surface area contributed by atoms with Gasteiger partial charge in [0.25, 0.3) is 0 Å². The highest BCUT2D eigenvalue weighted by molar-refractivity contribution is 6.12. The molecule has 4 nitrogen and oxygen atoms in total.